The number of fused-ring (bicyclic) bond motifs is 2. The number of carbonyl (C=O) groups is 1. The standard InChI is InChI=1S/C24H18F3N5O2S/c1-13-3-2-4-14(5-13)11-32-19(7-15-6-16(24(25,26)27)9-28-21(15)32)22(34)30-17-8-18-23(29-10-17)35-20(12-33)31-18/h2-10,33H,11-12H2,1H3,(H,30,34). The molecule has 0 atom stereocenters. The molecule has 35 heavy (non-hydrogen) atoms. The van der Waals surface area contributed by atoms with Crippen molar-refractivity contribution in [2.75, 3.05) is 5.32 Å². The van der Waals surface area contributed by atoms with Crippen LogP contribution >= 0.6 is 11.3 Å². The highest BCUT2D eigenvalue weighted by molar-refractivity contribution is 7.18. The first-order valence-electron chi connectivity index (χ1n) is 10.5. The van der Waals surface area contributed by atoms with Crippen LogP contribution in [0.3, 0.4) is 0 Å². The SMILES string of the molecule is Cc1cccc(Cn2c(C(=O)Nc3cnc4sc(CO)nc4c3)cc3cc(C(F)(F)F)cnc32)c1. The molecule has 7 nitrogen and oxygen atoms in total. The highest BCUT2D eigenvalue weighted by Gasteiger charge is 2.32. The summed E-state index contributed by atoms with van der Waals surface area (Å²) in [5.41, 5.74) is 2.32. The second-order valence-electron chi connectivity index (χ2n) is 8.01. The van der Waals surface area contributed by atoms with Crippen LogP contribution in [0.4, 0.5) is 18.9 Å². The fourth-order valence-corrected chi connectivity index (χ4v) is 4.59. The van der Waals surface area contributed by atoms with Crippen LogP contribution in [0.25, 0.3) is 21.4 Å². The zero-order chi connectivity index (χ0) is 24.7. The highest BCUT2D eigenvalue weighted by Crippen LogP contribution is 2.32. The summed E-state index contributed by atoms with van der Waals surface area (Å²) in [6, 6.07) is 11.7. The van der Waals surface area contributed by atoms with Crippen molar-refractivity contribution in [2.24, 2.45) is 0 Å². The number of halogens is 3. The van der Waals surface area contributed by atoms with Crippen molar-refractivity contribution in [3.63, 3.8) is 0 Å². The predicted molar refractivity (Wildman–Crippen MR) is 126 cm³/mol. The van der Waals surface area contributed by atoms with Gasteiger partial charge in [0.15, 0.2) is 0 Å². The fourth-order valence-electron chi connectivity index (χ4n) is 3.84. The van der Waals surface area contributed by atoms with Crippen LogP contribution in [0, 0.1) is 6.92 Å². The summed E-state index contributed by atoms with van der Waals surface area (Å²) in [6.07, 6.45) is -2.31. The first-order chi connectivity index (χ1) is 16.7. The number of anilines is 1. The Bertz CT molecular complexity index is 1580. The number of nitrogens with zero attached hydrogens (tertiary/aromatic N) is 4. The summed E-state index contributed by atoms with van der Waals surface area (Å²) in [6.45, 7) is 1.97. The first kappa shape index (κ1) is 22.9. The molecule has 1 amide bonds. The summed E-state index contributed by atoms with van der Waals surface area (Å²) in [5.74, 6) is -0.525. The molecule has 2 N–H and O–H groups in total. The van der Waals surface area contributed by atoms with Crippen LogP contribution in [0.1, 0.15) is 32.2 Å². The molecular weight excluding hydrogens is 479 g/mol. The Morgan fingerprint density at radius 1 is 1.14 bits per heavy atom. The Balaban J connectivity index is 1.55. The molecule has 0 saturated carbocycles. The van der Waals surface area contributed by atoms with Crippen LogP contribution in [0.2, 0.25) is 0 Å². The van der Waals surface area contributed by atoms with E-state index >= 15 is 0 Å². The number of aryl methyl sites for hydroxylation is 1. The molecule has 178 valence electrons. The number of aliphatic hydroxyl groups excluding tert-OH is 1. The molecular formula is C24H18F3N5O2S. The second-order valence-corrected chi connectivity index (χ2v) is 9.07. The molecule has 5 aromatic rings. The third kappa shape index (κ3) is 4.60. The Morgan fingerprint density at radius 2 is 1.97 bits per heavy atom. The molecule has 0 unspecified atom stereocenters. The van der Waals surface area contributed by atoms with Crippen molar-refractivity contribution in [3.8, 4) is 0 Å². The number of pyridine rings is 2. The summed E-state index contributed by atoms with van der Waals surface area (Å²) >= 11 is 1.24. The van der Waals surface area contributed by atoms with E-state index in [9.17, 15) is 23.1 Å². The molecule has 0 bridgehead atoms. The molecule has 4 aromatic heterocycles. The van der Waals surface area contributed by atoms with Gasteiger partial charge < -0.3 is 15.0 Å². The van der Waals surface area contributed by atoms with Gasteiger partial charge in [-0.2, -0.15) is 13.2 Å². The van der Waals surface area contributed by atoms with Crippen LogP contribution < -0.4 is 5.32 Å². The lowest BCUT2D eigenvalue weighted by Gasteiger charge is -2.12. The predicted octanol–water partition coefficient (Wildman–Crippen LogP) is 5.16. The van der Waals surface area contributed by atoms with Gasteiger partial charge >= 0.3 is 6.18 Å². The largest absolute Gasteiger partial charge is 0.417 e. The lowest BCUT2D eigenvalue weighted by atomic mass is 10.1. The van der Waals surface area contributed by atoms with Gasteiger partial charge in [-0.25, -0.2) is 15.0 Å². The minimum absolute atomic E-state index is 0.155. The number of hydrogen-bond donors (Lipinski definition) is 2. The lowest BCUT2D eigenvalue weighted by Crippen LogP contribution is -2.18. The highest BCUT2D eigenvalue weighted by atomic mass is 32.1. The van der Waals surface area contributed by atoms with Gasteiger partial charge in [0.25, 0.3) is 5.91 Å². The average Bonchev–Trinajstić information content (AvgIpc) is 3.39. The minimum atomic E-state index is -4.55. The van der Waals surface area contributed by atoms with Crippen molar-refractivity contribution in [2.45, 2.75) is 26.3 Å². The van der Waals surface area contributed by atoms with E-state index in [1.54, 1.807) is 10.6 Å². The summed E-state index contributed by atoms with van der Waals surface area (Å²) in [4.78, 5) is 26.5. The Labute approximate surface area is 200 Å². The number of alkyl halides is 3. The van der Waals surface area contributed by atoms with Gasteiger partial charge in [0, 0.05) is 18.1 Å². The van der Waals surface area contributed by atoms with Gasteiger partial charge in [0.1, 0.15) is 26.7 Å². The average molecular weight is 498 g/mol. The van der Waals surface area contributed by atoms with Gasteiger partial charge in [-0.3, -0.25) is 4.79 Å². The van der Waals surface area contributed by atoms with E-state index in [-0.39, 0.29) is 29.9 Å². The third-order valence-electron chi connectivity index (χ3n) is 5.40. The maximum Gasteiger partial charge on any atom is 0.417 e. The molecule has 0 saturated heterocycles. The van der Waals surface area contributed by atoms with Crippen molar-refractivity contribution < 1.29 is 23.1 Å². The first-order valence-corrected chi connectivity index (χ1v) is 11.3. The fraction of sp³-hybridized carbons (Fsp3) is 0.167. The van der Waals surface area contributed by atoms with Gasteiger partial charge in [0.05, 0.1) is 24.1 Å². The molecule has 0 radical (unpaired) electrons. The Kier molecular flexibility index (Phi) is 5.73. The van der Waals surface area contributed by atoms with E-state index in [4.69, 9.17) is 0 Å². The van der Waals surface area contributed by atoms with E-state index in [0.717, 1.165) is 23.4 Å². The number of aliphatic hydroxyl groups is 1. The van der Waals surface area contributed by atoms with Gasteiger partial charge in [-0.1, -0.05) is 41.2 Å². The van der Waals surface area contributed by atoms with E-state index < -0.39 is 17.6 Å². The lowest BCUT2D eigenvalue weighted by molar-refractivity contribution is -0.137. The van der Waals surface area contributed by atoms with E-state index in [1.165, 1.54) is 23.6 Å². The monoisotopic (exact) mass is 497 g/mol. The van der Waals surface area contributed by atoms with Crippen LogP contribution in [-0.4, -0.2) is 30.5 Å². The molecule has 11 heteroatoms. The quantitative estimate of drug-likeness (QED) is 0.350. The summed E-state index contributed by atoms with van der Waals surface area (Å²) in [5, 5.41) is 12.7. The number of nitrogens with one attached hydrogen (secondary N) is 1. The zero-order valence-electron chi connectivity index (χ0n) is 18.3. The topological polar surface area (TPSA) is 92.9 Å². The number of hydrogen-bond acceptors (Lipinski definition) is 6. The number of benzene rings is 1. The second kappa shape index (κ2) is 8.75. The molecule has 0 aliphatic carbocycles. The zero-order valence-corrected chi connectivity index (χ0v) is 19.1. The molecule has 1 aromatic carbocycles. The minimum Gasteiger partial charge on any atom is -0.389 e. The van der Waals surface area contributed by atoms with Crippen LogP contribution in [0.15, 0.2) is 54.9 Å². The number of carbonyl (C=O) groups excluding carboxylic acids is 1. The molecule has 0 aliphatic heterocycles. The van der Waals surface area contributed by atoms with Gasteiger partial charge in [-0.05, 0) is 30.7 Å². The van der Waals surface area contributed by atoms with Crippen LogP contribution in [-0.2, 0) is 19.3 Å². The smallest absolute Gasteiger partial charge is 0.389 e. The van der Waals surface area contributed by atoms with Gasteiger partial charge in [-0.15, -0.1) is 0 Å². The molecule has 0 aliphatic rings. The Hall–Kier alpha value is -3.83. The van der Waals surface area contributed by atoms with Crippen molar-refractivity contribution in [1.82, 2.24) is 19.5 Å². The number of amides is 1. The van der Waals surface area contributed by atoms with Crippen LogP contribution in [0.5, 0.6) is 0 Å². The van der Waals surface area contributed by atoms with E-state index in [1.807, 2.05) is 31.2 Å². The van der Waals surface area contributed by atoms with Crippen molar-refractivity contribution in [1.29, 1.82) is 0 Å². The van der Waals surface area contributed by atoms with Crippen molar-refractivity contribution in [3.05, 3.63) is 82.3 Å². The molecule has 0 spiro atoms. The Morgan fingerprint density at radius 3 is 2.71 bits per heavy atom. The maximum atomic E-state index is 13.3. The maximum absolute atomic E-state index is 13.3. The summed E-state index contributed by atoms with van der Waals surface area (Å²) in [7, 11) is 0. The third-order valence-corrected chi connectivity index (χ3v) is 6.37. The normalized spacial score (nSPS) is 11.9. The molecule has 5 rings (SSSR count). The molecule has 4 heterocycles. The number of rotatable bonds is 5. The van der Waals surface area contributed by atoms with Crippen molar-refractivity contribution >= 4 is 44.3 Å². The number of aromatic nitrogens is 4. The van der Waals surface area contributed by atoms with E-state index in [2.05, 4.69) is 20.3 Å². The van der Waals surface area contributed by atoms with Gasteiger partial charge in [0.2, 0.25) is 0 Å². The van der Waals surface area contributed by atoms with E-state index in [0.29, 0.717) is 21.0 Å². The summed E-state index contributed by atoms with van der Waals surface area (Å²) < 4.78 is 41.4. The number of thiazole rings is 1. The molecule has 0 fully saturated rings.